The summed E-state index contributed by atoms with van der Waals surface area (Å²) in [5.74, 6) is 3.69. The predicted octanol–water partition coefficient (Wildman–Crippen LogP) is 2.50. The van der Waals surface area contributed by atoms with Crippen molar-refractivity contribution in [3.63, 3.8) is 0 Å². The number of benzene rings is 1. The molecule has 3 N–H and O–H groups in total. The number of aromatic nitrogens is 4. The second-order valence-corrected chi connectivity index (χ2v) is 6.19. The molecule has 0 aliphatic heterocycles. The highest BCUT2D eigenvalue weighted by Gasteiger charge is 2.20. The summed E-state index contributed by atoms with van der Waals surface area (Å²) in [6.07, 6.45) is 0. The van der Waals surface area contributed by atoms with Crippen LogP contribution in [0, 0.1) is 23.5 Å². The molecule has 3 aromatic rings. The molecule has 2 heterocycles. The molecule has 1 aromatic carbocycles. The van der Waals surface area contributed by atoms with E-state index in [0.29, 0.717) is 12.2 Å². The summed E-state index contributed by atoms with van der Waals surface area (Å²) in [5, 5.41) is 9.72. The lowest BCUT2D eigenvalue weighted by Crippen LogP contribution is -2.14. The topological polar surface area (TPSA) is 89.9 Å². The van der Waals surface area contributed by atoms with Gasteiger partial charge in [-0.3, -0.25) is 0 Å². The number of imidazole rings is 1. The highest BCUT2D eigenvalue weighted by atomic mass is 19.2. The molecule has 0 amide bonds. The molecule has 0 radical (unpaired) electrons. The molecule has 0 saturated heterocycles. The molecular formula is C18H17F2N5O. The molecule has 0 unspecified atom stereocenters. The average Bonchev–Trinajstić information content (AvgIpc) is 2.93. The van der Waals surface area contributed by atoms with E-state index in [9.17, 15) is 13.9 Å². The Morgan fingerprint density at radius 2 is 1.96 bits per heavy atom. The summed E-state index contributed by atoms with van der Waals surface area (Å²) in [7, 11) is 0. The van der Waals surface area contributed by atoms with Crippen LogP contribution in [0.5, 0.6) is 0 Å². The van der Waals surface area contributed by atoms with Crippen LogP contribution in [0.3, 0.4) is 0 Å². The normalized spacial score (nSPS) is 11.5. The molecule has 26 heavy (non-hydrogen) atoms. The van der Waals surface area contributed by atoms with Crippen LogP contribution >= 0.6 is 0 Å². The van der Waals surface area contributed by atoms with Crippen LogP contribution in [0.4, 0.5) is 14.6 Å². The Morgan fingerprint density at radius 3 is 2.62 bits per heavy atom. The van der Waals surface area contributed by atoms with E-state index in [4.69, 9.17) is 5.73 Å². The average molecular weight is 357 g/mol. The molecule has 0 saturated carbocycles. The summed E-state index contributed by atoms with van der Waals surface area (Å²) >= 11 is 0. The summed E-state index contributed by atoms with van der Waals surface area (Å²) in [6.45, 7) is 5.28. The Kier molecular flexibility index (Phi) is 4.34. The molecule has 3 rings (SSSR count). The summed E-state index contributed by atoms with van der Waals surface area (Å²) < 4.78 is 29.4. The minimum absolute atomic E-state index is 0.00776. The van der Waals surface area contributed by atoms with Crippen LogP contribution in [0.1, 0.15) is 26.6 Å². The summed E-state index contributed by atoms with van der Waals surface area (Å²) in [6, 6.07) is 3.88. The molecular weight excluding hydrogens is 340 g/mol. The fraction of sp³-hybridized carbons (Fsp3) is 0.278. The Labute approximate surface area is 148 Å². The smallest absolute Gasteiger partial charge is 0.209 e. The van der Waals surface area contributed by atoms with Crippen LogP contribution < -0.4 is 5.73 Å². The van der Waals surface area contributed by atoms with E-state index < -0.39 is 17.2 Å². The van der Waals surface area contributed by atoms with Gasteiger partial charge in [-0.2, -0.15) is 0 Å². The maximum atomic E-state index is 14.2. The second-order valence-electron chi connectivity index (χ2n) is 6.19. The van der Waals surface area contributed by atoms with E-state index in [1.165, 1.54) is 26.0 Å². The van der Waals surface area contributed by atoms with E-state index in [1.807, 2.05) is 6.92 Å². The van der Waals surface area contributed by atoms with Gasteiger partial charge in [0.15, 0.2) is 28.6 Å². The number of fused-ring (bicyclic) bond motifs is 1. The van der Waals surface area contributed by atoms with Crippen molar-refractivity contribution < 1.29 is 13.9 Å². The number of hydrogen-bond donors (Lipinski definition) is 2. The zero-order valence-electron chi connectivity index (χ0n) is 14.5. The van der Waals surface area contributed by atoms with Crippen LogP contribution in [0.15, 0.2) is 18.2 Å². The molecule has 0 fully saturated rings. The third-order valence-corrected chi connectivity index (χ3v) is 3.61. The Morgan fingerprint density at radius 1 is 1.23 bits per heavy atom. The van der Waals surface area contributed by atoms with Crippen molar-refractivity contribution in [3.8, 4) is 23.2 Å². The fourth-order valence-corrected chi connectivity index (χ4v) is 2.47. The monoisotopic (exact) mass is 357 g/mol. The van der Waals surface area contributed by atoms with E-state index >= 15 is 0 Å². The predicted molar refractivity (Wildman–Crippen MR) is 93.9 cm³/mol. The molecule has 0 bridgehead atoms. The van der Waals surface area contributed by atoms with Gasteiger partial charge in [0.05, 0.1) is 5.56 Å². The third-order valence-electron chi connectivity index (χ3n) is 3.61. The van der Waals surface area contributed by atoms with Crippen molar-refractivity contribution in [1.82, 2.24) is 19.5 Å². The van der Waals surface area contributed by atoms with Gasteiger partial charge in [0, 0.05) is 6.54 Å². The minimum atomic E-state index is -1.21. The lowest BCUT2D eigenvalue weighted by atomic mass is 10.1. The van der Waals surface area contributed by atoms with Gasteiger partial charge < -0.3 is 15.4 Å². The summed E-state index contributed by atoms with van der Waals surface area (Å²) in [5.41, 5.74) is 5.38. The molecule has 0 aliphatic carbocycles. The number of nitrogens with two attached hydrogens (primary N) is 1. The zero-order chi connectivity index (χ0) is 19.1. The molecule has 2 aromatic heterocycles. The van der Waals surface area contributed by atoms with Crippen LogP contribution in [-0.4, -0.2) is 30.2 Å². The van der Waals surface area contributed by atoms with Crippen molar-refractivity contribution in [1.29, 1.82) is 0 Å². The van der Waals surface area contributed by atoms with E-state index in [2.05, 4.69) is 26.8 Å². The first-order valence-electron chi connectivity index (χ1n) is 7.95. The van der Waals surface area contributed by atoms with E-state index in [0.717, 1.165) is 6.07 Å². The van der Waals surface area contributed by atoms with Gasteiger partial charge in [0.2, 0.25) is 5.82 Å². The fourth-order valence-electron chi connectivity index (χ4n) is 2.47. The maximum Gasteiger partial charge on any atom is 0.209 e. The van der Waals surface area contributed by atoms with Crippen molar-refractivity contribution in [2.45, 2.75) is 32.9 Å². The summed E-state index contributed by atoms with van der Waals surface area (Å²) in [4.78, 5) is 12.7. The zero-order valence-corrected chi connectivity index (χ0v) is 14.5. The number of aryl methyl sites for hydroxylation is 1. The molecule has 134 valence electrons. The Balaban J connectivity index is 2.26. The molecule has 8 heteroatoms. The highest BCUT2D eigenvalue weighted by Crippen LogP contribution is 2.28. The van der Waals surface area contributed by atoms with Crippen molar-refractivity contribution in [2.24, 2.45) is 0 Å². The number of nitrogens with zero attached hydrogens (tertiary/aromatic N) is 4. The Hall–Kier alpha value is -3.05. The van der Waals surface area contributed by atoms with E-state index in [1.54, 1.807) is 4.57 Å². The van der Waals surface area contributed by atoms with Gasteiger partial charge in [-0.1, -0.05) is 12.0 Å². The van der Waals surface area contributed by atoms with Gasteiger partial charge in [-0.05, 0) is 38.8 Å². The van der Waals surface area contributed by atoms with Gasteiger partial charge in [-0.25, -0.2) is 23.7 Å². The van der Waals surface area contributed by atoms with Crippen molar-refractivity contribution in [2.75, 3.05) is 5.73 Å². The molecule has 0 aliphatic rings. The largest absolute Gasteiger partial charge is 0.382 e. The first-order chi connectivity index (χ1) is 12.2. The second kappa shape index (κ2) is 6.35. The van der Waals surface area contributed by atoms with Crippen LogP contribution in [0.25, 0.3) is 22.6 Å². The number of hydrogen-bond acceptors (Lipinski definition) is 5. The number of halogens is 2. The molecule has 6 nitrogen and oxygen atoms in total. The number of aliphatic hydroxyl groups is 1. The highest BCUT2D eigenvalue weighted by molar-refractivity contribution is 5.86. The van der Waals surface area contributed by atoms with Crippen molar-refractivity contribution >= 4 is 17.0 Å². The van der Waals surface area contributed by atoms with Gasteiger partial charge in [-0.15, -0.1) is 0 Å². The lowest BCUT2D eigenvalue weighted by Gasteiger charge is -2.07. The van der Waals surface area contributed by atoms with Gasteiger partial charge >= 0.3 is 0 Å². The molecule has 0 atom stereocenters. The van der Waals surface area contributed by atoms with Gasteiger partial charge in [0.1, 0.15) is 11.4 Å². The number of anilines is 1. The quantitative estimate of drug-likeness (QED) is 0.688. The first-order valence-corrected chi connectivity index (χ1v) is 7.95. The van der Waals surface area contributed by atoms with E-state index in [-0.39, 0.29) is 28.5 Å². The maximum absolute atomic E-state index is 14.2. The van der Waals surface area contributed by atoms with Crippen LogP contribution in [0.2, 0.25) is 0 Å². The van der Waals surface area contributed by atoms with Gasteiger partial charge in [0.25, 0.3) is 0 Å². The van der Waals surface area contributed by atoms with Crippen LogP contribution in [-0.2, 0) is 6.54 Å². The lowest BCUT2D eigenvalue weighted by molar-refractivity contribution is 0.143. The molecule has 0 spiro atoms. The number of rotatable bonds is 2. The minimum Gasteiger partial charge on any atom is -0.382 e. The standard InChI is InChI=1S/C18H17F2N5O/c1-4-25-16(10-6-5-7-11(19)13(10)20)24-14-15(21)22-12(23-17(14)25)8-9-18(2,3)26/h5-7,26H,4H2,1-3H3,(H2,21,22,23). The Bertz CT molecular complexity index is 1060. The SMILES string of the molecule is CCn1c(-c2cccc(F)c2F)nc2c(N)nc(C#CC(C)(C)O)nc21. The third kappa shape index (κ3) is 3.21. The first kappa shape index (κ1) is 17.8. The van der Waals surface area contributed by atoms with Crippen molar-refractivity contribution in [3.05, 3.63) is 35.7 Å². The number of nitrogen functional groups attached to an aromatic ring is 1.